The maximum Gasteiger partial charge on any atom is 0.278 e. The van der Waals surface area contributed by atoms with Crippen LogP contribution in [0.1, 0.15) is 21.6 Å². The van der Waals surface area contributed by atoms with Crippen molar-refractivity contribution in [2.45, 2.75) is 13.8 Å². The van der Waals surface area contributed by atoms with Gasteiger partial charge in [-0.2, -0.15) is 0 Å². The summed E-state index contributed by atoms with van der Waals surface area (Å²) in [5.74, 6) is -0.815. The summed E-state index contributed by atoms with van der Waals surface area (Å²) in [6.07, 6.45) is 3.32. The Hall–Kier alpha value is -3.87. The Morgan fingerprint density at radius 1 is 1.03 bits per heavy atom. The van der Waals surface area contributed by atoms with Crippen LogP contribution < -0.4 is 5.32 Å². The van der Waals surface area contributed by atoms with E-state index >= 15 is 0 Å². The highest BCUT2D eigenvalue weighted by atomic mass is 19.1. The summed E-state index contributed by atoms with van der Waals surface area (Å²) in [4.78, 5) is 17.1. The molecule has 0 fully saturated rings. The van der Waals surface area contributed by atoms with E-state index in [0.717, 1.165) is 16.8 Å². The number of hydrogen-bond acceptors (Lipinski definition) is 4. The average molecular weight is 387 g/mol. The summed E-state index contributed by atoms with van der Waals surface area (Å²) < 4.78 is 14.8. The van der Waals surface area contributed by atoms with E-state index in [9.17, 15) is 9.18 Å². The first-order valence-corrected chi connectivity index (χ1v) is 9.03. The number of rotatable bonds is 4. The number of amides is 1. The van der Waals surface area contributed by atoms with Gasteiger partial charge in [0.15, 0.2) is 5.69 Å². The number of halogens is 1. The van der Waals surface area contributed by atoms with Gasteiger partial charge in [0.05, 0.1) is 5.69 Å². The molecule has 2 aromatic heterocycles. The first-order chi connectivity index (χ1) is 14.0. The topological polar surface area (TPSA) is 72.7 Å². The second-order valence-electron chi connectivity index (χ2n) is 6.67. The van der Waals surface area contributed by atoms with E-state index in [-0.39, 0.29) is 11.5 Å². The standard InChI is InChI=1S/C22H18FN5O/c1-14-5-10-19(12-15(14)2)28-21(16-4-3-11-24-13-16)20(26-27-28)22(29)25-18-8-6-17(23)7-9-18/h3-13H,1-2H3,(H,25,29). The molecule has 4 rings (SSSR count). The fourth-order valence-electron chi connectivity index (χ4n) is 2.96. The van der Waals surface area contributed by atoms with Crippen molar-refractivity contribution in [2.24, 2.45) is 0 Å². The lowest BCUT2D eigenvalue weighted by Crippen LogP contribution is -2.14. The number of nitrogens with one attached hydrogen (secondary N) is 1. The molecule has 0 saturated heterocycles. The molecule has 144 valence electrons. The largest absolute Gasteiger partial charge is 0.321 e. The van der Waals surface area contributed by atoms with E-state index in [1.165, 1.54) is 24.3 Å². The molecule has 2 heterocycles. The number of nitrogens with zero attached hydrogens (tertiary/aromatic N) is 4. The molecule has 0 aliphatic carbocycles. The monoisotopic (exact) mass is 387 g/mol. The molecule has 0 aliphatic rings. The maximum atomic E-state index is 13.1. The summed E-state index contributed by atoms with van der Waals surface area (Å²) in [7, 11) is 0. The Balaban J connectivity index is 1.80. The smallest absolute Gasteiger partial charge is 0.278 e. The van der Waals surface area contributed by atoms with Crippen LogP contribution in [0.2, 0.25) is 0 Å². The minimum Gasteiger partial charge on any atom is -0.321 e. The SMILES string of the molecule is Cc1ccc(-n2nnc(C(=O)Nc3ccc(F)cc3)c2-c2cccnc2)cc1C. The molecule has 7 heteroatoms. The van der Waals surface area contributed by atoms with Gasteiger partial charge in [-0.05, 0) is 73.5 Å². The fourth-order valence-corrected chi connectivity index (χ4v) is 2.96. The van der Waals surface area contributed by atoms with Crippen molar-refractivity contribution in [1.29, 1.82) is 0 Å². The first kappa shape index (κ1) is 18.5. The fraction of sp³-hybridized carbons (Fsp3) is 0.0909. The average Bonchev–Trinajstić information content (AvgIpc) is 3.18. The van der Waals surface area contributed by atoms with E-state index in [1.807, 2.05) is 38.1 Å². The first-order valence-electron chi connectivity index (χ1n) is 9.03. The van der Waals surface area contributed by atoms with Gasteiger partial charge in [0, 0.05) is 23.6 Å². The van der Waals surface area contributed by atoms with Crippen molar-refractivity contribution in [1.82, 2.24) is 20.0 Å². The zero-order valence-electron chi connectivity index (χ0n) is 15.9. The molecule has 0 bridgehead atoms. The van der Waals surface area contributed by atoms with Gasteiger partial charge < -0.3 is 5.32 Å². The molecule has 0 aliphatic heterocycles. The van der Waals surface area contributed by atoms with E-state index < -0.39 is 5.91 Å². The van der Waals surface area contributed by atoms with E-state index in [1.54, 1.807) is 23.1 Å². The number of carbonyl (C=O) groups is 1. The van der Waals surface area contributed by atoms with Crippen LogP contribution in [0.25, 0.3) is 16.9 Å². The lowest BCUT2D eigenvalue weighted by molar-refractivity contribution is 0.102. The minimum absolute atomic E-state index is 0.153. The Bertz CT molecular complexity index is 1170. The number of benzene rings is 2. The summed E-state index contributed by atoms with van der Waals surface area (Å²) in [6, 6.07) is 15.1. The van der Waals surface area contributed by atoms with Crippen LogP contribution in [-0.2, 0) is 0 Å². The predicted octanol–water partition coefficient (Wildman–Crippen LogP) is 4.34. The Morgan fingerprint density at radius 3 is 2.52 bits per heavy atom. The molecule has 0 atom stereocenters. The molecule has 1 amide bonds. The minimum atomic E-state index is -0.439. The van der Waals surface area contributed by atoms with Crippen LogP contribution in [0.4, 0.5) is 10.1 Å². The molecular weight excluding hydrogens is 369 g/mol. The van der Waals surface area contributed by atoms with Crippen LogP contribution in [0, 0.1) is 19.7 Å². The summed E-state index contributed by atoms with van der Waals surface area (Å²) >= 11 is 0. The zero-order valence-corrected chi connectivity index (χ0v) is 15.9. The number of aromatic nitrogens is 4. The van der Waals surface area contributed by atoms with Gasteiger partial charge in [-0.25, -0.2) is 9.07 Å². The third-order valence-electron chi connectivity index (χ3n) is 4.66. The van der Waals surface area contributed by atoms with Crippen molar-refractivity contribution in [2.75, 3.05) is 5.32 Å². The molecule has 6 nitrogen and oxygen atoms in total. The predicted molar refractivity (Wildman–Crippen MR) is 108 cm³/mol. The van der Waals surface area contributed by atoms with Crippen LogP contribution >= 0.6 is 0 Å². The van der Waals surface area contributed by atoms with Gasteiger partial charge >= 0.3 is 0 Å². The van der Waals surface area contributed by atoms with Gasteiger partial charge in [-0.1, -0.05) is 11.3 Å². The molecule has 0 saturated carbocycles. The summed E-state index contributed by atoms with van der Waals surface area (Å²) in [5.41, 5.74) is 4.91. The quantitative estimate of drug-likeness (QED) is 0.565. The molecule has 0 spiro atoms. The molecule has 2 aromatic carbocycles. The summed E-state index contributed by atoms with van der Waals surface area (Å²) in [6.45, 7) is 4.05. The van der Waals surface area contributed by atoms with Gasteiger partial charge in [0.1, 0.15) is 11.5 Å². The third-order valence-corrected chi connectivity index (χ3v) is 4.66. The highest BCUT2D eigenvalue weighted by Gasteiger charge is 2.22. The van der Waals surface area contributed by atoms with Gasteiger partial charge in [0.2, 0.25) is 0 Å². The number of anilines is 1. The Kier molecular flexibility index (Phi) is 4.87. The van der Waals surface area contributed by atoms with Crippen LogP contribution in [0.15, 0.2) is 67.0 Å². The number of carbonyl (C=O) groups excluding carboxylic acids is 1. The zero-order chi connectivity index (χ0) is 20.4. The van der Waals surface area contributed by atoms with Gasteiger partial charge in [-0.15, -0.1) is 5.10 Å². The van der Waals surface area contributed by atoms with Gasteiger partial charge in [0.25, 0.3) is 5.91 Å². The van der Waals surface area contributed by atoms with Crippen LogP contribution in [-0.4, -0.2) is 25.9 Å². The van der Waals surface area contributed by atoms with Crippen LogP contribution in [0.3, 0.4) is 0 Å². The lowest BCUT2D eigenvalue weighted by atomic mass is 10.1. The molecule has 0 unspecified atom stereocenters. The number of hydrogen-bond donors (Lipinski definition) is 1. The van der Waals surface area contributed by atoms with Crippen molar-refractivity contribution >= 4 is 11.6 Å². The van der Waals surface area contributed by atoms with Crippen molar-refractivity contribution in [3.05, 3.63) is 89.6 Å². The van der Waals surface area contributed by atoms with E-state index in [4.69, 9.17) is 0 Å². The van der Waals surface area contributed by atoms with E-state index in [0.29, 0.717) is 16.9 Å². The number of pyridine rings is 1. The van der Waals surface area contributed by atoms with Crippen molar-refractivity contribution in [3.8, 4) is 16.9 Å². The third kappa shape index (κ3) is 3.75. The normalized spacial score (nSPS) is 10.7. The molecule has 0 radical (unpaired) electrons. The molecule has 1 N–H and O–H groups in total. The second kappa shape index (κ2) is 7.63. The Labute approximate surface area is 167 Å². The highest BCUT2D eigenvalue weighted by Crippen LogP contribution is 2.26. The second-order valence-corrected chi connectivity index (χ2v) is 6.67. The lowest BCUT2D eigenvalue weighted by Gasteiger charge is -2.10. The summed E-state index contributed by atoms with van der Waals surface area (Å²) in [5, 5.41) is 11.1. The number of aryl methyl sites for hydroxylation is 2. The maximum absolute atomic E-state index is 13.1. The van der Waals surface area contributed by atoms with E-state index in [2.05, 4.69) is 20.6 Å². The van der Waals surface area contributed by atoms with Crippen molar-refractivity contribution < 1.29 is 9.18 Å². The van der Waals surface area contributed by atoms with Crippen LogP contribution in [0.5, 0.6) is 0 Å². The van der Waals surface area contributed by atoms with Crippen molar-refractivity contribution in [3.63, 3.8) is 0 Å². The molecule has 4 aromatic rings. The highest BCUT2D eigenvalue weighted by molar-refractivity contribution is 6.06. The van der Waals surface area contributed by atoms with Gasteiger partial charge in [-0.3, -0.25) is 9.78 Å². The Morgan fingerprint density at radius 2 is 1.83 bits per heavy atom. The molecule has 29 heavy (non-hydrogen) atoms. The molecular formula is C22H18FN5O.